The maximum absolute atomic E-state index is 13.2. The number of hydrogen-bond acceptors (Lipinski definition) is 5. The Kier molecular flexibility index (Phi) is 8.15. The Morgan fingerprint density at radius 2 is 1.80 bits per heavy atom. The van der Waals surface area contributed by atoms with Gasteiger partial charge < -0.3 is 10.1 Å². The summed E-state index contributed by atoms with van der Waals surface area (Å²) in [5.74, 6) is -0.632. The lowest BCUT2D eigenvalue weighted by molar-refractivity contribution is -0.137. The van der Waals surface area contributed by atoms with Crippen molar-refractivity contribution in [3.63, 3.8) is 0 Å². The number of alkyl halides is 3. The highest BCUT2D eigenvalue weighted by atomic mass is 32.2. The minimum absolute atomic E-state index is 0.141. The number of morpholine rings is 1. The van der Waals surface area contributed by atoms with Crippen molar-refractivity contribution in [2.24, 2.45) is 0 Å². The predicted molar refractivity (Wildman–Crippen MR) is 129 cm³/mol. The summed E-state index contributed by atoms with van der Waals surface area (Å²) in [7, 11) is 0. The Balaban J connectivity index is 1.42. The monoisotopic (exact) mass is 505 g/mol. The van der Waals surface area contributed by atoms with Gasteiger partial charge in [-0.3, -0.25) is 19.4 Å². The summed E-state index contributed by atoms with van der Waals surface area (Å²) >= 11 is 1.24. The third-order valence-electron chi connectivity index (χ3n) is 5.75. The van der Waals surface area contributed by atoms with E-state index in [1.165, 1.54) is 28.8 Å². The molecule has 4 rings (SSSR count). The topological polar surface area (TPSA) is 61.9 Å². The van der Waals surface area contributed by atoms with E-state index >= 15 is 0 Å². The fourth-order valence-electron chi connectivity index (χ4n) is 3.89. The molecule has 0 unspecified atom stereocenters. The van der Waals surface area contributed by atoms with Crippen LogP contribution in [-0.4, -0.2) is 62.7 Å². The van der Waals surface area contributed by atoms with Gasteiger partial charge in [0.25, 0.3) is 5.91 Å². The molecule has 0 atom stereocenters. The summed E-state index contributed by atoms with van der Waals surface area (Å²) < 4.78 is 43.9. The van der Waals surface area contributed by atoms with E-state index in [2.05, 4.69) is 10.2 Å². The molecule has 35 heavy (non-hydrogen) atoms. The molecule has 1 saturated heterocycles. The molecular weight excluding hydrogens is 479 g/mol. The maximum Gasteiger partial charge on any atom is 0.416 e. The zero-order valence-corrected chi connectivity index (χ0v) is 19.8. The second-order valence-electron chi connectivity index (χ2n) is 8.25. The van der Waals surface area contributed by atoms with Crippen LogP contribution in [0, 0.1) is 0 Å². The Hall–Kier alpha value is -2.82. The molecular formula is C25H26F3N3O3S. The van der Waals surface area contributed by atoms with Crippen LogP contribution in [0.1, 0.15) is 17.5 Å². The number of thioether (sulfide) groups is 1. The van der Waals surface area contributed by atoms with Crippen LogP contribution in [0.25, 0.3) is 6.08 Å². The molecule has 2 amide bonds. The smallest absolute Gasteiger partial charge is 0.379 e. The van der Waals surface area contributed by atoms with Crippen LogP contribution in [0.3, 0.4) is 0 Å². The Morgan fingerprint density at radius 1 is 1.09 bits per heavy atom. The number of rotatable bonds is 7. The van der Waals surface area contributed by atoms with Crippen LogP contribution < -0.4 is 10.2 Å². The molecule has 1 N–H and O–H groups in total. The van der Waals surface area contributed by atoms with Crippen LogP contribution in [0.5, 0.6) is 0 Å². The first-order valence-electron chi connectivity index (χ1n) is 11.4. The van der Waals surface area contributed by atoms with Crippen molar-refractivity contribution in [2.45, 2.75) is 17.5 Å². The van der Waals surface area contributed by atoms with Crippen molar-refractivity contribution < 1.29 is 27.5 Å². The fraction of sp³-hybridized carbons (Fsp3) is 0.360. The van der Waals surface area contributed by atoms with Crippen LogP contribution in [-0.2, 0) is 20.5 Å². The number of amides is 2. The number of para-hydroxylation sites is 1. The Morgan fingerprint density at radius 3 is 2.51 bits per heavy atom. The molecule has 0 aromatic heterocycles. The van der Waals surface area contributed by atoms with Gasteiger partial charge in [0.15, 0.2) is 0 Å². The van der Waals surface area contributed by atoms with E-state index in [1.807, 2.05) is 12.1 Å². The number of hydrogen-bond donors (Lipinski definition) is 1. The van der Waals surface area contributed by atoms with Crippen LogP contribution in [0.4, 0.5) is 18.9 Å². The molecule has 0 spiro atoms. The van der Waals surface area contributed by atoms with Crippen molar-refractivity contribution in [1.29, 1.82) is 0 Å². The number of carbonyl (C=O) groups is 2. The summed E-state index contributed by atoms with van der Waals surface area (Å²) in [5.41, 5.74) is 0.357. The van der Waals surface area contributed by atoms with Gasteiger partial charge in [0.1, 0.15) is 6.54 Å². The normalized spacial score (nSPS) is 18.0. The number of ether oxygens (including phenoxy) is 1. The van der Waals surface area contributed by atoms with Crippen molar-refractivity contribution >= 4 is 35.3 Å². The van der Waals surface area contributed by atoms with Crippen LogP contribution in [0.2, 0.25) is 0 Å². The number of halogens is 3. The number of nitrogens with one attached hydrogen (secondary N) is 1. The molecule has 6 nitrogen and oxygen atoms in total. The molecule has 0 aliphatic carbocycles. The van der Waals surface area contributed by atoms with Crippen LogP contribution in [0.15, 0.2) is 58.3 Å². The largest absolute Gasteiger partial charge is 0.416 e. The molecule has 0 saturated carbocycles. The molecule has 1 fully saturated rings. The van der Waals surface area contributed by atoms with E-state index in [4.69, 9.17) is 4.74 Å². The SMILES string of the molecule is O=C(CN1C(=O)/C(=C/c2ccc(C(F)(F)F)cc2)Sc2ccccc21)NCCCN1CCOCC1. The molecule has 2 aromatic carbocycles. The lowest BCUT2D eigenvalue weighted by Gasteiger charge is -2.30. The van der Waals surface area contributed by atoms with E-state index < -0.39 is 11.7 Å². The van der Waals surface area contributed by atoms with Crippen molar-refractivity contribution in [2.75, 3.05) is 50.8 Å². The van der Waals surface area contributed by atoms with E-state index in [0.717, 1.165) is 56.3 Å². The van der Waals surface area contributed by atoms with Gasteiger partial charge in [-0.25, -0.2) is 0 Å². The third-order valence-corrected chi connectivity index (χ3v) is 6.82. The molecule has 2 aliphatic rings. The van der Waals surface area contributed by atoms with Crippen molar-refractivity contribution in [3.05, 3.63) is 64.6 Å². The summed E-state index contributed by atoms with van der Waals surface area (Å²) in [4.78, 5) is 30.7. The number of nitrogens with zero attached hydrogens (tertiary/aromatic N) is 2. The zero-order valence-electron chi connectivity index (χ0n) is 19.0. The maximum atomic E-state index is 13.2. The lowest BCUT2D eigenvalue weighted by Crippen LogP contribution is -2.43. The van der Waals surface area contributed by atoms with Crippen LogP contribution >= 0.6 is 11.8 Å². The molecule has 2 aliphatic heterocycles. The highest BCUT2D eigenvalue weighted by molar-refractivity contribution is 8.04. The first-order valence-corrected chi connectivity index (χ1v) is 12.2. The zero-order chi connectivity index (χ0) is 24.8. The van der Waals surface area contributed by atoms with Gasteiger partial charge in [-0.05, 0) is 48.9 Å². The van der Waals surface area contributed by atoms with Gasteiger partial charge in [0.05, 0.1) is 29.4 Å². The van der Waals surface area contributed by atoms with Crippen molar-refractivity contribution in [3.8, 4) is 0 Å². The first-order chi connectivity index (χ1) is 16.8. The molecule has 2 heterocycles. The average Bonchev–Trinajstić information content (AvgIpc) is 2.85. The number of anilines is 1. The molecule has 0 radical (unpaired) electrons. The van der Waals surface area contributed by atoms with E-state index in [-0.39, 0.29) is 18.4 Å². The number of fused-ring (bicyclic) bond motifs is 1. The van der Waals surface area contributed by atoms with E-state index in [9.17, 15) is 22.8 Å². The first kappa shape index (κ1) is 25.3. The Labute approximate surface area is 206 Å². The van der Waals surface area contributed by atoms with E-state index in [1.54, 1.807) is 18.2 Å². The van der Waals surface area contributed by atoms with Gasteiger partial charge in [-0.15, -0.1) is 0 Å². The fourth-order valence-corrected chi connectivity index (χ4v) is 4.95. The summed E-state index contributed by atoms with van der Waals surface area (Å²) in [6, 6.07) is 11.9. The summed E-state index contributed by atoms with van der Waals surface area (Å²) in [5, 5.41) is 2.88. The van der Waals surface area contributed by atoms with Gasteiger partial charge in [-0.2, -0.15) is 13.2 Å². The second-order valence-corrected chi connectivity index (χ2v) is 9.33. The minimum Gasteiger partial charge on any atom is -0.379 e. The molecule has 0 bridgehead atoms. The summed E-state index contributed by atoms with van der Waals surface area (Å²) in [6.45, 7) is 4.46. The van der Waals surface area contributed by atoms with Crippen molar-refractivity contribution in [1.82, 2.24) is 10.2 Å². The predicted octanol–water partition coefficient (Wildman–Crippen LogP) is 4.02. The lowest BCUT2D eigenvalue weighted by atomic mass is 10.1. The van der Waals surface area contributed by atoms with E-state index in [0.29, 0.717) is 22.7 Å². The number of carbonyl (C=O) groups excluding carboxylic acids is 2. The Bertz CT molecular complexity index is 1080. The minimum atomic E-state index is -4.42. The standard InChI is InChI=1S/C25H26F3N3O3S/c26-25(27,28)19-8-6-18(7-9-19)16-22-24(33)31(20-4-1-2-5-21(20)35-22)17-23(32)29-10-3-11-30-12-14-34-15-13-30/h1-2,4-9,16H,3,10-15,17H2,(H,29,32)/b22-16-. The quantitative estimate of drug-likeness (QED) is 0.455. The molecule has 10 heteroatoms. The third kappa shape index (κ3) is 6.65. The highest BCUT2D eigenvalue weighted by Crippen LogP contribution is 2.42. The second kappa shape index (κ2) is 11.3. The van der Waals surface area contributed by atoms with Gasteiger partial charge >= 0.3 is 6.18 Å². The molecule has 186 valence electrons. The van der Waals surface area contributed by atoms with Gasteiger partial charge in [-0.1, -0.05) is 36.0 Å². The highest BCUT2D eigenvalue weighted by Gasteiger charge is 2.31. The molecule has 2 aromatic rings. The summed E-state index contributed by atoms with van der Waals surface area (Å²) in [6.07, 6.45) is -2.08. The average molecular weight is 506 g/mol. The van der Waals surface area contributed by atoms with Gasteiger partial charge in [0, 0.05) is 24.5 Å². The van der Waals surface area contributed by atoms with Gasteiger partial charge in [0.2, 0.25) is 5.91 Å². The number of benzene rings is 2.